The Balaban J connectivity index is 1.74. The molecule has 132 valence electrons. The number of hydrogen-bond donors (Lipinski definition) is 1. The van der Waals surface area contributed by atoms with Crippen molar-refractivity contribution in [1.82, 2.24) is 14.6 Å². The number of carbonyl (C=O) groups excluding carboxylic acids is 1. The van der Waals surface area contributed by atoms with Crippen molar-refractivity contribution in [3.63, 3.8) is 0 Å². The summed E-state index contributed by atoms with van der Waals surface area (Å²) in [6.07, 6.45) is 9.83. The summed E-state index contributed by atoms with van der Waals surface area (Å²) >= 11 is 0. The van der Waals surface area contributed by atoms with Crippen LogP contribution < -0.4 is 5.32 Å². The van der Waals surface area contributed by atoms with Crippen LogP contribution in [0.15, 0.2) is 24.5 Å². The number of rotatable bonds is 4. The SMILES string of the molecule is CS(=O)(=O)N1CC(C(=O)NCc2ccncc2)C2(CCCCC2)C1. The largest absolute Gasteiger partial charge is 0.352 e. The highest BCUT2D eigenvalue weighted by molar-refractivity contribution is 7.88. The van der Waals surface area contributed by atoms with Gasteiger partial charge in [-0.3, -0.25) is 9.78 Å². The van der Waals surface area contributed by atoms with Crippen LogP contribution in [0, 0.1) is 11.3 Å². The molecule has 7 heteroatoms. The Morgan fingerprint density at radius 3 is 2.58 bits per heavy atom. The molecule has 1 aliphatic carbocycles. The Hall–Kier alpha value is -1.47. The van der Waals surface area contributed by atoms with E-state index in [1.54, 1.807) is 12.4 Å². The molecule has 1 N–H and O–H groups in total. The number of sulfonamides is 1. The third-order valence-corrected chi connectivity index (χ3v) is 6.68. The monoisotopic (exact) mass is 351 g/mol. The van der Waals surface area contributed by atoms with Gasteiger partial charge >= 0.3 is 0 Å². The lowest BCUT2D eigenvalue weighted by Gasteiger charge is -2.37. The highest BCUT2D eigenvalue weighted by atomic mass is 32.2. The van der Waals surface area contributed by atoms with E-state index in [0.717, 1.165) is 31.2 Å². The number of pyridine rings is 1. The van der Waals surface area contributed by atoms with E-state index in [1.807, 2.05) is 12.1 Å². The first-order chi connectivity index (χ1) is 11.4. The minimum Gasteiger partial charge on any atom is -0.352 e. The number of hydrogen-bond acceptors (Lipinski definition) is 4. The fraction of sp³-hybridized carbons (Fsp3) is 0.647. The molecule has 1 amide bonds. The van der Waals surface area contributed by atoms with E-state index in [-0.39, 0.29) is 17.2 Å². The van der Waals surface area contributed by atoms with Crippen molar-refractivity contribution < 1.29 is 13.2 Å². The maximum atomic E-state index is 12.8. The van der Waals surface area contributed by atoms with Gasteiger partial charge in [0.2, 0.25) is 15.9 Å². The minimum absolute atomic E-state index is 0.0279. The maximum Gasteiger partial charge on any atom is 0.225 e. The van der Waals surface area contributed by atoms with E-state index in [2.05, 4.69) is 10.3 Å². The van der Waals surface area contributed by atoms with E-state index < -0.39 is 10.0 Å². The highest BCUT2D eigenvalue weighted by Gasteiger charge is 2.52. The molecule has 1 spiro atoms. The molecule has 2 fully saturated rings. The number of carbonyl (C=O) groups is 1. The summed E-state index contributed by atoms with van der Waals surface area (Å²) in [7, 11) is -3.27. The minimum atomic E-state index is -3.27. The third-order valence-electron chi connectivity index (χ3n) is 5.47. The van der Waals surface area contributed by atoms with Gasteiger partial charge in [0.05, 0.1) is 12.2 Å². The Labute approximate surface area is 143 Å². The van der Waals surface area contributed by atoms with E-state index in [4.69, 9.17) is 0 Å². The van der Waals surface area contributed by atoms with Crippen LogP contribution >= 0.6 is 0 Å². The van der Waals surface area contributed by atoms with Crippen LogP contribution in [0.5, 0.6) is 0 Å². The molecule has 1 saturated carbocycles. The van der Waals surface area contributed by atoms with Crippen LogP contribution in [0.4, 0.5) is 0 Å². The van der Waals surface area contributed by atoms with Crippen LogP contribution in [-0.4, -0.2) is 43.0 Å². The van der Waals surface area contributed by atoms with Crippen molar-refractivity contribution in [2.24, 2.45) is 11.3 Å². The Bertz CT molecular complexity index is 684. The summed E-state index contributed by atoms with van der Waals surface area (Å²) in [6, 6.07) is 3.74. The smallest absolute Gasteiger partial charge is 0.225 e. The highest BCUT2D eigenvalue weighted by Crippen LogP contribution is 2.48. The zero-order valence-electron chi connectivity index (χ0n) is 14.1. The van der Waals surface area contributed by atoms with Crippen LogP contribution in [0.25, 0.3) is 0 Å². The first kappa shape index (κ1) is 17.4. The predicted octanol–water partition coefficient (Wildman–Crippen LogP) is 1.54. The van der Waals surface area contributed by atoms with Gasteiger partial charge < -0.3 is 5.32 Å². The second-order valence-electron chi connectivity index (χ2n) is 7.10. The van der Waals surface area contributed by atoms with Crippen molar-refractivity contribution in [3.05, 3.63) is 30.1 Å². The molecule has 0 aromatic carbocycles. The number of aromatic nitrogens is 1. The summed E-state index contributed by atoms with van der Waals surface area (Å²) in [5, 5.41) is 3.00. The summed E-state index contributed by atoms with van der Waals surface area (Å²) in [5.74, 6) is -0.283. The third kappa shape index (κ3) is 3.62. The Morgan fingerprint density at radius 2 is 1.96 bits per heavy atom. The average molecular weight is 351 g/mol. The zero-order valence-corrected chi connectivity index (χ0v) is 14.9. The molecule has 0 bridgehead atoms. The van der Waals surface area contributed by atoms with Crippen LogP contribution in [0.3, 0.4) is 0 Å². The lowest BCUT2D eigenvalue weighted by Crippen LogP contribution is -2.42. The molecule has 1 aromatic heterocycles. The molecule has 0 radical (unpaired) electrons. The predicted molar refractivity (Wildman–Crippen MR) is 91.5 cm³/mol. The summed E-state index contributed by atoms with van der Waals surface area (Å²) in [6.45, 7) is 1.24. The second-order valence-corrected chi connectivity index (χ2v) is 9.09. The second kappa shape index (κ2) is 6.80. The van der Waals surface area contributed by atoms with Gasteiger partial charge in [-0.25, -0.2) is 12.7 Å². The molecule has 2 heterocycles. The molecule has 1 aromatic rings. The molecule has 1 atom stereocenters. The molecular formula is C17H25N3O3S. The van der Waals surface area contributed by atoms with Gasteiger partial charge in [0.15, 0.2) is 0 Å². The molecule has 6 nitrogen and oxygen atoms in total. The Morgan fingerprint density at radius 1 is 1.29 bits per heavy atom. The van der Waals surface area contributed by atoms with Crippen molar-refractivity contribution in [3.8, 4) is 0 Å². The fourth-order valence-electron chi connectivity index (χ4n) is 4.11. The van der Waals surface area contributed by atoms with E-state index in [0.29, 0.717) is 19.6 Å². The first-order valence-electron chi connectivity index (χ1n) is 8.52. The van der Waals surface area contributed by atoms with Gasteiger partial charge in [-0.15, -0.1) is 0 Å². The normalized spacial score (nSPS) is 24.1. The fourth-order valence-corrected chi connectivity index (χ4v) is 5.02. The maximum absolute atomic E-state index is 12.8. The summed E-state index contributed by atoms with van der Waals surface area (Å²) < 4.78 is 25.5. The van der Waals surface area contributed by atoms with Gasteiger partial charge in [-0.2, -0.15) is 0 Å². The number of nitrogens with zero attached hydrogens (tertiary/aromatic N) is 2. The molecule has 24 heavy (non-hydrogen) atoms. The van der Waals surface area contributed by atoms with Crippen molar-refractivity contribution in [2.75, 3.05) is 19.3 Å². The molecule has 3 rings (SSSR count). The quantitative estimate of drug-likeness (QED) is 0.892. The molecule has 2 aliphatic rings. The van der Waals surface area contributed by atoms with E-state index in [9.17, 15) is 13.2 Å². The van der Waals surface area contributed by atoms with Crippen LogP contribution in [0.1, 0.15) is 37.7 Å². The van der Waals surface area contributed by atoms with Gasteiger partial charge in [-0.05, 0) is 36.0 Å². The average Bonchev–Trinajstić information content (AvgIpc) is 2.93. The molecular weight excluding hydrogens is 326 g/mol. The lowest BCUT2D eigenvalue weighted by molar-refractivity contribution is -0.128. The van der Waals surface area contributed by atoms with Crippen molar-refractivity contribution in [2.45, 2.75) is 38.6 Å². The van der Waals surface area contributed by atoms with Gasteiger partial charge in [0.1, 0.15) is 0 Å². The van der Waals surface area contributed by atoms with Crippen LogP contribution in [-0.2, 0) is 21.4 Å². The molecule has 1 unspecified atom stereocenters. The Kier molecular flexibility index (Phi) is 4.92. The molecule has 1 aliphatic heterocycles. The first-order valence-corrected chi connectivity index (χ1v) is 10.4. The van der Waals surface area contributed by atoms with E-state index >= 15 is 0 Å². The summed E-state index contributed by atoms with van der Waals surface area (Å²) in [4.78, 5) is 16.8. The molecule has 1 saturated heterocycles. The zero-order chi connectivity index (χ0) is 17.2. The number of nitrogens with one attached hydrogen (secondary N) is 1. The van der Waals surface area contributed by atoms with Crippen LogP contribution in [0.2, 0.25) is 0 Å². The van der Waals surface area contributed by atoms with E-state index in [1.165, 1.54) is 17.0 Å². The van der Waals surface area contributed by atoms with Crippen molar-refractivity contribution in [1.29, 1.82) is 0 Å². The van der Waals surface area contributed by atoms with Crippen molar-refractivity contribution >= 4 is 15.9 Å². The van der Waals surface area contributed by atoms with Gasteiger partial charge in [-0.1, -0.05) is 19.3 Å². The standard InChI is InChI=1S/C17H25N3O3S/c1-24(22,23)20-12-15(17(13-20)7-3-2-4-8-17)16(21)19-11-14-5-9-18-10-6-14/h5-6,9-10,15H,2-4,7-8,11-13H2,1H3,(H,19,21). The topological polar surface area (TPSA) is 79.4 Å². The van der Waals surface area contributed by atoms with Gasteiger partial charge in [0.25, 0.3) is 0 Å². The number of amides is 1. The summed E-state index contributed by atoms with van der Waals surface area (Å²) in [5.41, 5.74) is 0.804. The lowest BCUT2D eigenvalue weighted by atomic mass is 9.67. The van der Waals surface area contributed by atoms with Gasteiger partial charge in [0, 0.05) is 32.0 Å².